The Morgan fingerprint density at radius 1 is 1.43 bits per heavy atom. The van der Waals surface area contributed by atoms with E-state index in [9.17, 15) is 0 Å². The van der Waals surface area contributed by atoms with Crippen molar-refractivity contribution in [3.05, 3.63) is 0 Å². The van der Waals surface area contributed by atoms with Crippen LogP contribution in [0.4, 0.5) is 0 Å². The molecule has 1 aliphatic rings. The van der Waals surface area contributed by atoms with Crippen molar-refractivity contribution in [2.24, 2.45) is 5.41 Å². The minimum atomic E-state index is 0.487. The summed E-state index contributed by atoms with van der Waals surface area (Å²) in [5.41, 5.74) is 0.487. The summed E-state index contributed by atoms with van der Waals surface area (Å²) in [5.74, 6) is 0. The van der Waals surface area contributed by atoms with Gasteiger partial charge in [0.25, 0.3) is 0 Å². The van der Waals surface area contributed by atoms with Crippen LogP contribution < -0.4 is 5.32 Å². The van der Waals surface area contributed by atoms with Gasteiger partial charge in [0, 0.05) is 12.6 Å². The Bertz CT molecular complexity index is 166. The van der Waals surface area contributed by atoms with E-state index in [1.54, 1.807) is 0 Å². The van der Waals surface area contributed by atoms with Crippen LogP contribution in [-0.2, 0) is 0 Å². The van der Waals surface area contributed by atoms with Crippen molar-refractivity contribution < 1.29 is 0 Å². The molecule has 0 saturated carbocycles. The van der Waals surface area contributed by atoms with Crippen molar-refractivity contribution in [1.82, 2.24) is 10.2 Å². The molecule has 0 aromatic rings. The van der Waals surface area contributed by atoms with Gasteiger partial charge < -0.3 is 10.2 Å². The SMILES string of the molecule is CCCCN(C)CC1NCCC1(C)C. The van der Waals surface area contributed by atoms with Gasteiger partial charge in [0.1, 0.15) is 0 Å². The lowest BCUT2D eigenvalue weighted by molar-refractivity contribution is 0.222. The molecule has 1 N–H and O–H groups in total. The van der Waals surface area contributed by atoms with Crippen molar-refractivity contribution in [3.8, 4) is 0 Å². The van der Waals surface area contributed by atoms with Gasteiger partial charge in [0.05, 0.1) is 0 Å². The predicted molar refractivity (Wildman–Crippen MR) is 62.6 cm³/mol. The number of nitrogens with one attached hydrogen (secondary N) is 1. The topological polar surface area (TPSA) is 15.3 Å². The molecular weight excluding hydrogens is 172 g/mol. The van der Waals surface area contributed by atoms with Gasteiger partial charge in [-0.1, -0.05) is 27.2 Å². The Kier molecular flexibility index (Phi) is 4.39. The van der Waals surface area contributed by atoms with Gasteiger partial charge in [-0.3, -0.25) is 0 Å². The number of hydrogen-bond acceptors (Lipinski definition) is 2. The van der Waals surface area contributed by atoms with Gasteiger partial charge in [-0.25, -0.2) is 0 Å². The zero-order valence-corrected chi connectivity index (χ0v) is 10.3. The molecule has 2 heteroatoms. The molecule has 0 radical (unpaired) electrons. The standard InChI is InChI=1S/C12H26N2/c1-5-6-9-14(4)10-11-12(2,3)7-8-13-11/h11,13H,5-10H2,1-4H3. The molecule has 0 spiro atoms. The van der Waals surface area contributed by atoms with E-state index in [0.29, 0.717) is 11.5 Å². The highest BCUT2D eigenvalue weighted by Gasteiger charge is 2.34. The van der Waals surface area contributed by atoms with Gasteiger partial charge >= 0.3 is 0 Å². The van der Waals surface area contributed by atoms with Gasteiger partial charge in [-0.2, -0.15) is 0 Å². The quantitative estimate of drug-likeness (QED) is 0.728. The van der Waals surface area contributed by atoms with E-state index in [2.05, 4.69) is 38.0 Å². The van der Waals surface area contributed by atoms with Crippen molar-refractivity contribution in [1.29, 1.82) is 0 Å². The van der Waals surface area contributed by atoms with E-state index >= 15 is 0 Å². The molecule has 14 heavy (non-hydrogen) atoms. The number of likely N-dealkylation sites (N-methyl/N-ethyl adjacent to an activating group) is 1. The first-order chi connectivity index (χ1) is 6.56. The minimum absolute atomic E-state index is 0.487. The number of nitrogens with zero attached hydrogens (tertiary/aromatic N) is 1. The normalized spacial score (nSPS) is 25.9. The number of rotatable bonds is 5. The van der Waals surface area contributed by atoms with Crippen LogP contribution in [0.25, 0.3) is 0 Å². The Balaban J connectivity index is 2.29. The van der Waals surface area contributed by atoms with E-state index in [0.717, 1.165) is 0 Å². The van der Waals surface area contributed by atoms with E-state index in [-0.39, 0.29) is 0 Å². The van der Waals surface area contributed by atoms with Crippen LogP contribution in [0.3, 0.4) is 0 Å². The van der Waals surface area contributed by atoms with Gasteiger partial charge in [0.2, 0.25) is 0 Å². The van der Waals surface area contributed by atoms with E-state index < -0.39 is 0 Å². The highest BCUT2D eigenvalue weighted by Crippen LogP contribution is 2.29. The van der Waals surface area contributed by atoms with Gasteiger partial charge in [-0.15, -0.1) is 0 Å². The highest BCUT2D eigenvalue weighted by atomic mass is 15.1. The zero-order valence-electron chi connectivity index (χ0n) is 10.3. The van der Waals surface area contributed by atoms with Crippen molar-refractivity contribution in [2.45, 2.75) is 46.1 Å². The first kappa shape index (κ1) is 12.0. The Hall–Kier alpha value is -0.0800. The number of hydrogen-bond donors (Lipinski definition) is 1. The molecule has 84 valence electrons. The second kappa shape index (κ2) is 5.13. The van der Waals surface area contributed by atoms with Crippen LogP contribution in [0, 0.1) is 5.41 Å². The summed E-state index contributed by atoms with van der Waals surface area (Å²) in [7, 11) is 2.24. The molecule has 2 nitrogen and oxygen atoms in total. The van der Waals surface area contributed by atoms with Crippen molar-refractivity contribution in [3.63, 3.8) is 0 Å². The lowest BCUT2D eigenvalue weighted by Gasteiger charge is -2.30. The fourth-order valence-electron chi connectivity index (χ4n) is 2.16. The molecule has 0 aromatic heterocycles. The molecule has 0 bridgehead atoms. The van der Waals surface area contributed by atoms with Crippen LogP contribution in [0.15, 0.2) is 0 Å². The third-order valence-corrected chi connectivity index (χ3v) is 3.49. The van der Waals surface area contributed by atoms with Crippen LogP contribution in [0.5, 0.6) is 0 Å². The monoisotopic (exact) mass is 198 g/mol. The molecule has 0 aromatic carbocycles. The average Bonchev–Trinajstić information content (AvgIpc) is 2.43. The first-order valence-corrected chi connectivity index (χ1v) is 5.98. The molecular formula is C12H26N2. The summed E-state index contributed by atoms with van der Waals surface area (Å²) in [6.07, 6.45) is 3.94. The van der Waals surface area contributed by atoms with Gasteiger partial charge in [0.15, 0.2) is 0 Å². The Morgan fingerprint density at radius 3 is 2.64 bits per heavy atom. The Labute approximate surface area is 89.1 Å². The molecule has 0 aliphatic carbocycles. The van der Waals surface area contributed by atoms with Crippen molar-refractivity contribution in [2.75, 3.05) is 26.7 Å². The molecule has 1 aliphatic heterocycles. The average molecular weight is 198 g/mol. The van der Waals surface area contributed by atoms with Crippen LogP contribution >= 0.6 is 0 Å². The maximum absolute atomic E-state index is 3.61. The second-order valence-corrected chi connectivity index (χ2v) is 5.36. The van der Waals surface area contributed by atoms with Crippen molar-refractivity contribution >= 4 is 0 Å². The first-order valence-electron chi connectivity index (χ1n) is 5.98. The van der Waals surface area contributed by atoms with Crippen LogP contribution in [0.1, 0.15) is 40.0 Å². The third-order valence-electron chi connectivity index (χ3n) is 3.49. The molecule has 1 rings (SSSR count). The summed E-state index contributed by atoms with van der Waals surface area (Å²) in [4.78, 5) is 2.47. The minimum Gasteiger partial charge on any atom is -0.312 e. The summed E-state index contributed by atoms with van der Waals surface area (Å²) in [6.45, 7) is 10.7. The molecule has 1 saturated heterocycles. The maximum atomic E-state index is 3.61. The lowest BCUT2D eigenvalue weighted by Crippen LogP contribution is -2.42. The molecule has 1 atom stereocenters. The zero-order chi connectivity index (χ0) is 10.6. The molecule has 0 amide bonds. The summed E-state index contributed by atoms with van der Waals surface area (Å²) < 4.78 is 0. The molecule has 1 unspecified atom stereocenters. The van der Waals surface area contributed by atoms with Crippen LogP contribution in [-0.4, -0.2) is 37.6 Å². The second-order valence-electron chi connectivity index (χ2n) is 5.36. The highest BCUT2D eigenvalue weighted by molar-refractivity contribution is 4.92. The van der Waals surface area contributed by atoms with Gasteiger partial charge in [-0.05, 0) is 38.4 Å². The summed E-state index contributed by atoms with van der Waals surface area (Å²) >= 11 is 0. The van der Waals surface area contributed by atoms with E-state index in [4.69, 9.17) is 0 Å². The summed E-state index contributed by atoms with van der Waals surface area (Å²) in [5, 5.41) is 3.61. The molecule has 1 fully saturated rings. The predicted octanol–water partition coefficient (Wildman–Crippen LogP) is 2.11. The smallest absolute Gasteiger partial charge is 0.0246 e. The third kappa shape index (κ3) is 3.25. The van der Waals surface area contributed by atoms with E-state index in [1.165, 1.54) is 38.9 Å². The van der Waals surface area contributed by atoms with E-state index in [1.807, 2.05) is 0 Å². The summed E-state index contributed by atoms with van der Waals surface area (Å²) in [6, 6.07) is 0.685. The molecule has 1 heterocycles. The fraction of sp³-hybridized carbons (Fsp3) is 1.00. The maximum Gasteiger partial charge on any atom is 0.0246 e. The lowest BCUT2D eigenvalue weighted by atomic mass is 9.85. The Morgan fingerprint density at radius 2 is 2.14 bits per heavy atom. The van der Waals surface area contributed by atoms with Crippen LogP contribution in [0.2, 0.25) is 0 Å². The fourth-order valence-corrected chi connectivity index (χ4v) is 2.16. The number of unbranched alkanes of at least 4 members (excludes halogenated alkanes) is 1. The largest absolute Gasteiger partial charge is 0.312 e.